The van der Waals surface area contributed by atoms with Crippen LogP contribution >= 0.6 is 0 Å². The molecule has 1 saturated carbocycles. The molecule has 3 unspecified atom stereocenters. The first-order valence-electron chi connectivity index (χ1n) is 7.01. The molecule has 0 spiro atoms. The van der Waals surface area contributed by atoms with Gasteiger partial charge in [-0.3, -0.25) is 4.79 Å². The van der Waals surface area contributed by atoms with E-state index in [0.717, 1.165) is 32.4 Å². The minimum Gasteiger partial charge on any atom is -0.381 e. The second-order valence-corrected chi connectivity index (χ2v) is 6.37. The van der Waals surface area contributed by atoms with Gasteiger partial charge in [-0.2, -0.15) is 0 Å². The Bertz CT molecular complexity index is 322. The second-order valence-electron chi connectivity index (χ2n) is 6.37. The van der Waals surface area contributed by atoms with Crippen LogP contribution in [0.4, 0.5) is 0 Å². The van der Waals surface area contributed by atoms with Crippen molar-refractivity contribution in [3.8, 4) is 0 Å². The topological polar surface area (TPSA) is 50.4 Å². The fourth-order valence-electron chi connectivity index (χ4n) is 3.24. The van der Waals surface area contributed by atoms with Gasteiger partial charge in [0.15, 0.2) is 0 Å². The molecule has 4 heteroatoms. The molecular formula is C14H26N2O2. The molecule has 2 aliphatic rings. The molecule has 1 aliphatic heterocycles. The third kappa shape index (κ3) is 2.05. The summed E-state index contributed by atoms with van der Waals surface area (Å²) in [5.74, 6) is 0.225. The van der Waals surface area contributed by atoms with Gasteiger partial charge in [-0.15, -0.1) is 0 Å². The molecule has 2 N–H and O–H groups in total. The molecule has 0 aromatic heterocycles. The maximum atomic E-state index is 12.5. The molecule has 1 amide bonds. The summed E-state index contributed by atoms with van der Waals surface area (Å²) in [6, 6.07) is 0.249. The number of ether oxygens (including phenoxy) is 1. The number of methoxy groups -OCH3 is 1. The predicted molar refractivity (Wildman–Crippen MR) is 71.3 cm³/mol. The van der Waals surface area contributed by atoms with Gasteiger partial charge in [0, 0.05) is 25.1 Å². The molecular weight excluding hydrogens is 228 g/mol. The summed E-state index contributed by atoms with van der Waals surface area (Å²) in [6.45, 7) is 8.21. The van der Waals surface area contributed by atoms with Crippen LogP contribution in [0.1, 0.15) is 40.0 Å². The highest BCUT2D eigenvalue weighted by Gasteiger charge is 2.51. The van der Waals surface area contributed by atoms with Crippen LogP contribution in [-0.4, -0.2) is 38.3 Å². The predicted octanol–water partition coefficient (Wildman–Crippen LogP) is 1.31. The molecule has 3 atom stereocenters. The first kappa shape index (κ1) is 13.8. The summed E-state index contributed by atoms with van der Waals surface area (Å²) in [7, 11) is 1.75. The average Bonchev–Trinajstić information content (AvgIpc) is 2.83. The van der Waals surface area contributed by atoms with Crippen LogP contribution in [0.25, 0.3) is 0 Å². The van der Waals surface area contributed by atoms with Crippen molar-refractivity contribution >= 4 is 5.91 Å². The van der Waals surface area contributed by atoms with Crippen molar-refractivity contribution in [3.05, 3.63) is 0 Å². The lowest BCUT2D eigenvalue weighted by Crippen LogP contribution is -2.63. The zero-order chi connectivity index (χ0) is 13.4. The van der Waals surface area contributed by atoms with Gasteiger partial charge >= 0.3 is 0 Å². The molecule has 1 saturated heterocycles. The lowest BCUT2D eigenvalue weighted by molar-refractivity contribution is -0.141. The highest BCUT2D eigenvalue weighted by atomic mass is 16.5. The number of rotatable bonds is 4. The fourth-order valence-corrected chi connectivity index (χ4v) is 3.24. The van der Waals surface area contributed by atoms with Crippen LogP contribution < -0.4 is 10.6 Å². The van der Waals surface area contributed by atoms with Gasteiger partial charge in [0.2, 0.25) is 5.91 Å². The highest BCUT2D eigenvalue weighted by Crippen LogP contribution is 2.43. The summed E-state index contributed by atoms with van der Waals surface area (Å²) in [4.78, 5) is 12.5. The Morgan fingerprint density at radius 3 is 2.67 bits per heavy atom. The maximum Gasteiger partial charge on any atom is 0.227 e. The number of carbonyl (C=O) groups is 1. The van der Waals surface area contributed by atoms with Gasteiger partial charge in [-0.05, 0) is 25.8 Å². The van der Waals surface area contributed by atoms with E-state index in [1.54, 1.807) is 7.11 Å². The zero-order valence-electron chi connectivity index (χ0n) is 12.0. The normalized spacial score (nSPS) is 38.2. The first-order valence-corrected chi connectivity index (χ1v) is 7.01. The van der Waals surface area contributed by atoms with Crippen molar-refractivity contribution in [2.45, 2.75) is 52.2 Å². The molecule has 0 bridgehead atoms. The van der Waals surface area contributed by atoms with E-state index in [2.05, 4.69) is 31.4 Å². The largest absolute Gasteiger partial charge is 0.381 e. The van der Waals surface area contributed by atoms with E-state index in [1.165, 1.54) is 0 Å². The van der Waals surface area contributed by atoms with E-state index >= 15 is 0 Å². The summed E-state index contributed by atoms with van der Waals surface area (Å²) in [5, 5.41) is 6.56. The number of nitrogens with one attached hydrogen (secondary N) is 2. The third-order valence-electron chi connectivity index (χ3n) is 5.17. The summed E-state index contributed by atoms with van der Waals surface area (Å²) in [5.41, 5.74) is -0.139. The van der Waals surface area contributed by atoms with E-state index in [1.807, 2.05) is 0 Å². The molecule has 1 heterocycles. The van der Waals surface area contributed by atoms with Crippen molar-refractivity contribution in [2.75, 3.05) is 20.2 Å². The van der Waals surface area contributed by atoms with E-state index in [0.29, 0.717) is 0 Å². The van der Waals surface area contributed by atoms with Gasteiger partial charge in [0.1, 0.15) is 0 Å². The summed E-state index contributed by atoms with van der Waals surface area (Å²) >= 11 is 0. The molecule has 4 nitrogen and oxygen atoms in total. The smallest absolute Gasteiger partial charge is 0.227 e. The van der Waals surface area contributed by atoms with Gasteiger partial charge in [0.25, 0.3) is 0 Å². The second kappa shape index (κ2) is 4.82. The standard InChI is InChI=1S/C14H26N2O2/c1-5-14(6-7-15-9-14)12(17)16-10-8-11(18-4)13(10,2)3/h10-11,15H,5-9H2,1-4H3,(H,16,17). The van der Waals surface area contributed by atoms with Crippen LogP contribution in [0.3, 0.4) is 0 Å². The van der Waals surface area contributed by atoms with Crippen LogP contribution in [0, 0.1) is 10.8 Å². The molecule has 2 rings (SSSR count). The summed E-state index contributed by atoms with van der Waals surface area (Å²) < 4.78 is 5.43. The number of carbonyl (C=O) groups excluding carboxylic acids is 1. The number of hydrogen-bond acceptors (Lipinski definition) is 3. The van der Waals surface area contributed by atoms with Crippen LogP contribution in [-0.2, 0) is 9.53 Å². The minimum atomic E-state index is -0.186. The van der Waals surface area contributed by atoms with Gasteiger partial charge in [0.05, 0.1) is 11.5 Å². The molecule has 104 valence electrons. The molecule has 0 aromatic rings. The Balaban J connectivity index is 1.96. The van der Waals surface area contributed by atoms with Crippen molar-refractivity contribution < 1.29 is 9.53 Å². The lowest BCUT2D eigenvalue weighted by atomic mass is 9.64. The van der Waals surface area contributed by atoms with Gasteiger partial charge in [-0.25, -0.2) is 0 Å². The quantitative estimate of drug-likeness (QED) is 0.795. The number of amides is 1. The maximum absolute atomic E-state index is 12.5. The highest BCUT2D eigenvalue weighted by molar-refractivity contribution is 5.83. The molecule has 2 fully saturated rings. The first-order chi connectivity index (χ1) is 8.46. The molecule has 0 radical (unpaired) electrons. The van der Waals surface area contributed by atoms with Gasteiger partial charge < -0.3 is 15.4 Å². The summed E-state index contributed by atoms with van der Waals surface area (Å²) in [6.07, 6.45) is 3.06. The molecule has 1 aliphatic carbocycles. The molecule has 18 heavy (non-hydrogen) atoms. The van der Waals surface area contributed by atoms with E-state index in [4.69, 9.17) is 4.74 Å². The third-order valence-corrected chi connectivity index (χ3v) is 5.17. The van der Waals surface area contributed by atoms with Gasteiger partial charge in [-0.1, -0.05) is 20.8 Å². The van der Waals surface area contributed by atoms with Crippen molar-refractivity contribution in [1.29, 1.82) is 0 Å². The zero-order valence-corrected chi connectivity index (χ0v) is 12.0. The van der Waals surface area contributed by atoms with E-state index in [-0.39, 0.29) is 28.9 Å². The Hall–Kier alpha value is -0.610. The SMILES string of the molecule is CCC1(C(=O)NC2CC(OC)C2(C)C)CCNC1. The Morgan fingerprint density at radius 1 is 1.50 bits per heavy atom. The Morgan fingerprint density at radius 2 is 2.22 bits per heavy atom. The van der Waals surface area contributed by atoms with E-state index in [9.17, 15) is 4.79 Å². The Labute approximate surface area is 110 Å². The fraction of sp³-hybridized carbons (Fsp3) is 0.929. The number of hydrogen-bond donors (Lipinski definition) is 2. The average molecular weight is 254 g/mol. The Kier molecular flexibility index (Phi) is 3.70. The van der Waals surface area contributed by atoms with Crippen LogP contribution in [0.5, 0.6) is 0 Å². The van der Waals surface area contributed by atoms with E-state index < -0.39 is 0 Å². The lowest BCUT2D eigenvalue weighted by Gasteiger charge is -2.51. The van der Waals surface area contributed by atoms with Crippen molar-refractivity contribution in [1.82, 2.24) is 10.6 Å². The monoisotopic (exact) mass is 254 g/mol. The minimum absolute atomic E-state index is 0.0470. The van der Waals surface area contributed by atoms with Crippen molar-refractivity contribution in [2.24, 2.45) is 10.8 Å². The van der Waals surface area contributed by atoms with Crippen LogP contribution in [0.2, 0.25) is 0 Å². The molecule has 0 aromatic carbocycles. The van der Waals surface area contributed by atoms with Crippen molar-refractivity contribution in [3.63, 3.8) is 0 Å². The van der Waals surface area contributed by atoms with Crippen LogP contribution in [0.15, 0.2) is 0 Å².